The molecule has 1 aliphatic rings. The van der Waals surface area contributed by atoms with Crippen LogP contribution in [0.2, 0.25) is 0 Å². The third kappa shape index (κ3) is 2.17. The normalized spacial score (nSPS) is 39.0. The summed E-state index contributed by atoms with van der Waals surface area (Å²) in [6.07, 6.45) is 2.54. The number of rotatable bonds is 2. The van der Waals surface area contributed by atoms with Gasteiger partial charge in [-0.25, -0.2) is 0 Å². The van der Waals surface area contributed by atoms with Gasteiger partial charge in [-0.1, -0.05) is 13.8 Å². The summed E-state index contributed by atoms with van der Waals surface area (Å²) in [5.41, 5.74) is 0. The first-order valence-corrected chi connectivity index (χ1v) is 4.38. The summed E-state index contributed by atoms with van der Waals surface area (Å²) in [5.74, 6) is 0. The van der Waals surface area contributed by atoms with Gasteiger partial charge < -0.3 is 9.47 Å². The molecule has 2 heteroatoms. The molecule has 0 aromatic heterocycles. The van der Waals surface area contributed by atoms with Gasteiger partial charge in [-0.15, -0.1) is 0 Å². The molecular weight excluding hydrogens is 140 g/mol. The highest BCUT2D eigenvalue weighted by molar-refractivity contribution is 4.77. The van der Waals surface area contributed by atoms with E-state index in [9.17, 15) is 0 Å². The summed E-state index contributed by atoms with van der Waals surface area (Å²) in [4.78, 5) is 0. The second kappa shape index (κ2) is 4.07. The SMILES string of the molecule is [CH2]C1OCC(CC)OC1CC. The Balaban J connectivity index is 2.37. The van der Waals surface area contributed by atoms with Gasteiger partial charge in [0.05, 0.1) is 24.9 Å². The summed E-state index contributed by atoms with van der Waals surface area (Å²) in [6.45, 7) is 8.80. The van der Waals surface area contributed by atoms with Crippen LogP contribution in [-0.4, -0.2) is 24.9 Å². The second-order valence-corrected chi connectivity index (χ2v) is 2.98. The van der Waals surface area contributed by atoms with Crippen LogP contribution in [0, 0.1) is 6.92 Å². The zero-order chi connectivity index (χ0) is 8.27. The van der Waals surface area contributed by atoms with Gasteiger partial charge in [-0.2, -0.15) is 0 Å². The monoisotopic (exact) mass is 157 g/mol. The van der Waals surface area contributed by atoms with Gasteiger partial charge in [-0.05, 0) is 19.8 Å². The summed E-state index contributed by atoms with van der Waals surface area (Å²) in [6, 6.07) is 0. The molecule has 1 radical (unpaired) electrons. The molecule has 11 heavy (non-hydrogen) atoms. The van der Waals surface area contributed by atoms with Crippen LogP contribution in [0.3, 0.4) is 0 Å². The molecule has 0 aliphatic carbocycles. The molecule has 2 nitrogen and oxygen atoms in total. The van der Waals surface area contributed by atoms with E-state index in [-0.39, 0.29) is 18.3 Å². The maximum Gasteiger partial charge on any atom is 0.0839 e. The summed E-state index contributed by atoms with van der Waals surface area (Å²) in [7, 11) is 0. The fraction of sp³-hybridized carbons (Fsp3) is 0.889. The first-order chi connectivity index (χ1) is 5.27. The third-order valence-electron chi connectivity index (χ3n) is 2.14. The van der Waals surface area contributed by atoms with Crippen molar-refractivity contribution < 1.29 is 9.47 Å². The minimum atomic E-state index is 0.0304. The van der Waals surface area contributed by atoms with Crippen molar-refractivity contribution in [3.63, 3.8) is 0 Å². The largest absolute Gasteiger partial charge is 0.373 e. The highest BCUT2D eigenvalue weighted by Crippen LogP contribution is 2.18. The smallest absolute Gasteiger partial charge is 0.0839 e. The van der Waals surface area contributed by atoms with Crippen molar-refractivity contribution in [1.29, 1.82) is 0 Å². The molecule has 0 aromatic carbocycles. The molecule has 65 valence electrons. The molecule has 0 N–H and O–H groups in total. The van der Waals surface area contributed by atoms with Crippen molar-refractivity contribution in [3.05, 3.63) is 6.92 Å². The Bertz CT molecular complexity index is 114. The van der Waals surface area contributed by atoms with E-state index >= 15 is 0 Å². The Labute approximate surface area is 68.9 Å². The van der Waals surface area contributed by atoms with Gasteiger partial charge in [0.15, 0.2) is 0 Å². The van der Waals surface area contributed by atoms with Crippen molar-refractivity contribution >= 4 is 0 Å². The van der Waals surface area contributed by atoms with E-state index in [0.29, 0.717) is 6.61 Å². The average Bonchev–Trinajstić information content (AvgIpc) is 2.05. The van der Waals surface area contributed by atoms with E-state index < -0.39 is 0 Å². The molecule has 0 spiro atoms. The molecule has 1 rings (SSSR count). The lowest BCUT2D eigenvalue weighted by Crippen LogP contribution is -2.41. The van der Waals surface area contributed by atoms with Crippen molar-refractivity contribution in [2.45, 2.75) is 45.0 Å². The van der Waals surface area contributed by atoms with E-state index in [2.05, 4.69) is 20.8 Å². The molecule has 3 unspecified atom stereocenters. The standard InChI is InChI=1S/C9H17O2/c1-4-8-6-10-7(3)9(5-2)11-8/h7-9H,3-6H2,1-2H3. The van der Waals surface area contributed by atoms with Gasteiger partial charge in [0.1, 0.15) is 0 Å². The zero-order valence-corrected chi connectivity index (χ0v) is 7.38. The van der Waals surface area contributed by atoms with Crippen LogP contribution < -0.4 is 0 Å². The van der Waals surface area contributed by atoms with Gasteiger partial charge in [0, 0.05) is 0 Å². The fourth-order valence-corrected chi connectivity index (χ4v) is 1.29. The molecule has 0 aromatic rings. The Hall–Kier alpha value is -0.0800. The van der Waals surface area contributed by atoms with Gasteiger partial charge in [0.2, 0.25) is 0 Å². The molecule has 0 amide bonds. The Morgan fingerprint density at radius 3 is 2.64 bits per heavy atom. The van der Waals surface area contributed by atoms with Crippen LogP contribution in [0.1, 0.15) is 26.7 Å². The lowest BCUT2D eigenvalue weighted by atomic mass is 10.1. The molecule has 3 atom stereocenters. The van der Waals surface area contributed by atoms with E-state index in [0.717, 1.165) is 12.8 Å². The summed E-state index contributed by atoms with van der Waals surface area (Å²) < 4.78 is 11.2. The van der Waals surface area contributed by atoms with Crippen molar-refractivity contribution in [1.82, 2.24) is 0 Å². The summed E-state index contributed by atoms with van der Waals surface area (Å²) >= 11 is 0. The van der Waals surface area contributed by atoms with Crippen LogP contribution in [0.5, 0.6) is 0 Å². The molecule has 0 saturated carbocycles. The van der Waals surface area contributed by atoms with Crippen LogP contribution in [0.4, 0.5) is 0 Å². The maximum atomic E-state index is 5.71. The predicted octanol–water partition coefficient (Wildman–Crippen LogP) is 1.79. The van der Waals surface area contributed by atoms with E-state index in [4.69, 9.17) is 9.47 Å². The first-order valence-electron chi connectivity index (χ1n) is 4.38. The number of ether oxygens (including phenoxy) is 2. The lowest BCUT2D eigenvalue weighted by Gasteiger charge is -2.34. The van der Waals surface area contributed by atoms with Crippen molar-refractivity contribution in [3.8, 4) is 0 Å². The van der Waals surface area contributed by atoms with Gasteiger partial charge >= 0.3 is 0 Å². The van der Waals surface area contributed by atoms with Gasteiger partial charge in [0.25, 0.3) is 0 Å². The molecule has 1 aliphatic heterocycles. The Kier molecular flexibility index (Phi) is 3.34. The number of hydrogen-bond acceptors (Lipinski definition) is 2. The van der Waals surface area contributed by atoms with E-state index in [1.54, 1.807) is 0 Å². The van der Waals surface area contributed by atoms with Crippen molar-refractivity contribution in [2.75, 3.05) is 6.61 Å². The average molecular weight is 157 g/mol. The maximum absolute atomic E-state index is 5.71. The van der Waals surface area contributed by atoms with Crippen LogP contribution >= 0.6 is 0 Å². The fourth-order valence-electron chi connectivity index (χ4n) is 1.29. The minimum Gasteiger partial charge on any atom is -0.373 e. The predicted molar refractivity (Wildman–Crippen MR) is 44.3 cm³/mol. The van der Waals surface area contributed by atoms with Crippen LogP contribution in [0.25, 0.3) is 0 Å². The van der Waals surface area contributed by atoms with E-state index in [1.807, 2.05) is 0 Å². The third-order valence-corrected chi connectivity index (χ3v) is 2.14. The molecule has 1 heterocycles. The zero-order valence-electron chi connectivity index (χ0n) is 7.38. The Morgan fingerprint density at radius 2 is 2.09 bits per heavy atom. The Morgan fingerprint density at radius 1 is 1.36 bits per heavy atom. The molecule has 1 saturated heterocycles. The second-order valence-electron chi connectivity index (χ2n) is 2.98. The molecular formula is C9H17O2. The van der Waals surface area contributed by atoms with Gasteiger partial charge in [-0.3, -0.25) is 0 Å². The minimum absolute atomic E-state index is 0.0304. The summed E-state index contributed by atoms with van der Waals surface area (Å²) in [5, 5.41) is 0. The topological polar surface area (TPSA) is 18.5 Å². The van der Waals surface area contributed by atoms with Crippen LogP contribution in [-0.2, 0) is 9.47 Å². The number of hydrogen-bond donors (Lipinski definition) is 0. The lowest BCUT2D eigenvalue weighted by molar-refractivity contribution is -0.166. The van der Waals surface area contributed by atoms with Crippen molar-refractivity contribution in [2.24, 2.45) is 0 Å². The highest BCUT2D eigenvalue weighted by atomic mass is 16.6. The quantitative estimate of drug-likeness (QED) is 0.608. The van der Waals surface area contributed by atoms with Crippen LogP contribution in [0.15, 0.2) is 0 Å². The molecule has 0 bridgehead atoms. The molecule has 1 fully saturated rings. The first kappa shape index (κ1) is 9.01. The van der Waals surface area contributed by atoms with E-state index in [1.165, 1.54) is 0 Å². The highest BCUT2D eigenvalue weighted by Gasteiger charge is 2.26.